The molecular formula is C13H15NO2S. The molecule has 3 nitrogen and oxygen atoms in total. The van der Waals surface area contributed by atoms with E-state index in [-0.39, 0.29) is 0 Å². The van der Waals surface area contributed by atoms with Crippen molar-refractivity contribution >= 4 is 22.3 Å². The number of benzene rings is 1. The first-order chi connectivity index (χ1) is 8.20. The lowest BCUT2D eigenvalue weighted by Crippen LogP contribution is -2.24. The lowest BCUT2D eigenvalue weighted by atomic mass is 10.3. The lowest BCUT2D eigenvalue weighted by molar-refractivity contribution is -0.137. The Morgan fingerprint density at radius 2 is 1.71 bits per heavy atom. The molecule has 1 aromatic heterocycles. The predicted octanol–water partition coefficient (Wildman–Crippen LogP) is 3.32. The van der Waals surface area contributed by atoms with Crippen LogP contribution in [0.2, 0.25) is 0 Å². The Kier molecular flexibility index (Phi) is 5.82. The van der Waals surface area contributed by atoms with Crippen molar-refractivity contribution in [1.82, 2.24) is 0 Å². The van der Waals surface area contributed by atoms with E-state index in [1.807, 2.05) is 53.9 Å². The fraction of sp³-hybridized carbons (Fsp3) is 0.154. The SMILES string of the molecule is CC(Nc1cccs1)C(=O)O.c1ccccc1. The van der Waals surface area contributed by atoms with Crippen LogP contribution in [0.3, 0.4) is 0 Å². The third-order valence-corrected chi connectivity index (χ3v) is 2.72. The number of hydrogen-bond acceptors (Lipinski definition) is 3. The second-order valence-electron chi connectivity index (χ2n) is 3.34. The smallest absolute Gasteiger partial charge is 0.325 e. The van der Waals surface area contributed by atoms with Crippen LogP contribution in [0.4, 0.5) is 5.00 Å². The van der Waals surface area contributed by atoms with E-state index in [1.54, 1.807) is 6.92 Å². The summed E-state index contributed by atoms with van der Waals surface area (Å²) in [4.78, 5) is 10.4. The largest absolute Gasteiger partial charge is 0.480 e. The summed E-state index contributed by atoms with van der Waals surface area (Å²) < 4.78 is 0. The normalized spacial score (nSPS) is 10.9. The van der Waals surface area contributed by atoms with E-state index >= 15 is 0 Å². The average molecular weight is 249 g/mol. The van der Waals surface area contributed by atoms with E-state index < -0.39 is 12.0 Å². The van der Waals surface area contributed by atoms with Crippen LogP contribution in [0.1, 0.15) is 6.92 Å². The highest BCUT2D eigenvalue weighted by Crippen LogP contribution is 2.15. The van der Waals surface area contributed by atoms with Crippen molar-refractivity contribution in [2.75, 3.05) is 5.32 Å². The Bertz CT molecular complexity index is 388. The highest BCUT2D eigenvalue weighted by molar-refractivity contribution is 7.14. The van der Waals surface area contributed by atoms with Gasteiger partial charge in [0.05, 0.1) is 5.00 Å². The van der Waals surface area contributed by atoms with Crippen LogP contribution in [0.15, 0.2) is 53.9 Å². The molecule has 4 heteroatoms. The number of anilines is 1. The number of rotatable bonds is 3. The molecule has 0 bridgehead atoms. The molecular weight excluding hydrogens is 234 g/mol. The average Bonchev–Trinajstić information content (AvgIpc) is 2.85. The first-order valence-corrected chi connectivity index (χ1v) is 6.11. The standard InChI is InChI=1S/C7H9NO2S.C6H6/c1-5(7(9)10)8-6-3-2-4-11-6;1-2-4-6-5-3-1/h2-5,8H,1H3,(H,9,10);1-6H. The van der Waals surface area contributed by atoms with Crippen LogP contribution in [0.25, 0.3) is 0 Å². The van der Waals surface area contributed by atoms with E-state index in [0.717, 1.165) is 5.00 Å². The van der Waals surface area contributed by atoms with E-state index in [0.29, 0.717) is 0 Å². The summed E-state index contributed by atoms with van der Waals surface area (Å²) in [5.41, 5.74) is 0. The van der Waals surface area contributed by atoms with Gasteiger partial charge in [0.15, 0.2) is 0 Å². The number of nitrogens with one attached hydrogen (secondary N) is 1. The third kappa shape index (κ3) is 5.73. The Hall–Kier alpha value is -1.81. The minimum Gasteiger partial charge on any atom is -0.480 e. The molecule has 17 heavy (non-hydrogen) atoms. The molecule has 90 valence electrons. The zero-order valence-electron chi connectivity index (χ0n) is 9.54. The van der Waals surface area contributed by atoms with E-state index in [2.05, 4.69) is 5.32 Å². The minimum absolute atomic E-state index is 0.520. The molecule has 1 heterocycles. The van der Waals surface area contributed by atoms with Gasteiger partial charge in [-0.05, 0) is 24.4 Å². The highest BCUT2D eigenvalue weighted by atomic mass is 32.1. The highest BCUT2D eigenvalue weighted by Gasteiger charge is 2.09. The maximum Gasteiger partial charge on any atom is 0.325 e. The van der Waals surface area contributed by atoms with Gasteiger partial charge in [0.1, 0.15) is 6.04 Å². The summed E-state index contributed by atoms with van der Waals surface area (Å²) >= 11 is 1.49. The molecule has 0 radical (unpaired) electrons. The number of carboxylic acid groups (broad SMARTS) is 1. The molecule has 1 unspecified atom stereocenters. The van der Waals surface area contributed by atoms with Gasteiger partial charge in [-0.2, -0.15) is 0 Å². The molecule has 0 fully saturated rings. The van der Waals surface area contributed by atoms with Crippen molar-refractivity contribution in [2.45, 2.75) is 13.0 Å². The molecule has 0 amide bonds. The van der Waals surface area contributed by atoms with Crippen LogP contribution in [-0.2, 0) is 4.79 Å². The maximum absolute atomic E-state index is 10.4. The monoisotopic (exact) mass is 249 g/mol. The molecule has 0 saturated carbocycles. The molecule has 0 spiro atoms. The Morgan fingerprint density at radius 3 is 2.06 bits per heavy atom. The van der Waals surface area contributed by atoms with Crippen LogP contribution < -0.4 is 5.32 Å². The van der Waals surface area contributed by atoms with Crippen molar-refractivity contribution in [3.63, 3.8) is 0 Å². The summed E-state index contributed by atoms with van der Waals surface area (Å²) in [5, 5.41) is 14.2. The summed E-state index contributed by atoms with van der Waals surface area (Å²) in [7, 11) is 0. The van der Waals surface area contributed by atoms with Crippen molar-refractivity contribution < 1.29 is 9.90 Å². The summed E-state index contributed by atoms with van der Waals surface area (Å²) in [6, 6.07) is 15.2. The van der Waals surface area contributed by atoms with Gasteiger partial charge in [-0.1, -0.05) is 36.4 Å². The van der Waals surface area contributed by atoms with Gasteiger partial charge in [-0.25, -0.2) is 0 Å². The number of hydrogen-bond donors (Lipinski definition) is 2. The fourth-order valence-electron chi connectivity index (χ4n) is 1.02. The molecule has 0 aliphatic rings. The van der Waals surface area contributed by atoms with Crippen LogP contribution >= 0.6 is 11.3 Å². The third-order valence-electron chi connectivity index (χ3n) is 1.92. The molecule has 2 aromatic rings. The number of carboxylic acids is 1. The van der Waals surface area contributed by atoms with Crippen LogP contribution in [0, 0.1) is 0 Å². The van der Waals surface area contributed by atoms with Crippen molar-refractivity contribution in [3.05, 3.63) is 53.9 Å². The summed E-state index contributed by atoms with van der Waals surface area (Å²) in [6.07, 6.45) is 0. The quantitative estimate of drug-likeness (QED) is 0.877. The van der Waals surface area contributed by atoms with Crippen molar-refractivity contribution in [3.8, 4) is 0 Å². The first-order valence-electron chi connectivity index (χ1n) is 5.23. The maximum atomic E-state index is 10.4. The molecule has 0 aliphatic heterocycles. The van der Waals surface area contributed by atoms with Gasteiger partial charge in [0.25, 0.3) is 0 Å². The van der Waals surface area contributed by atoms with Gasteiger partial charge < -0.3 is 10.4 Å². The van der Waals surface area contributed by atoms with Gasteiger partial charge in [0.2, 0.25) is 0 Å². The zero-order chi connectivity index (χ0) is 12.5. The second kappa shape index (κ2) is 7.46. The first kappa shape index (κ1) is 13.3. The van der Waals surface area contributed by atoms with E-state index in [1.165, 1.54) is 11.3 Å². The van der Waals surface area contributed by atoms with E-state index in [4.69, 9.17) is 5.11 Å². The van der Waals surface area contributed by atoms with Crippen molar-refractivity contribution in [2.24, 2.45) is 0 Å². The number of carbonyl (C=O) groups is 1. The van der Waals surface area contributed by atoms with E-state index in [9.17, 15) is 4.79 Å². The Morgan fingerprint density at radius 1 is 1.18 bits per heavy atom. The molecule has 2 rings (SSSR count). The fourth-order valence-corrected chi connectivity index (χ4v) is 1.73. The summed E-state index contributed by atoms with van der Waals surface area (Å²) in [5.74, 6) is -0.835. The Labute approximate surface area is 105 Å². The number of thiophene rings is 1. The number of aliphatic carboxylic acids is 1. The van der Waals surface area contributed by atoms with Gasteiger partial charge in [-0.3, -0.25) is 4.79 Å². The van der Waals surface area contributed by atoms with Gasteiger partial charge in [0, 0.05) is 0 Å². The Balaban J connectivity index is 0.000000202. The van der Waals surface area contributed by atoms with Gasteiger partial charge in [-0.15, -0.1) is 11.3 Å². The second-order valence-corrected chi connectivity index (χ2v) is 4.28. The van der Waals surface area contributed by atoms with Crippen LogP contribution in [-0.4, -0.2) is 17.1 Å². The molecule has 1 atom stereocenters. The zero-order valence-corrected chi connectivity index (χ0v) is 10.4. The molecule has 1 aromatic carbocycles. The van der Waals surface area contributed by atoms with Crippen LogP contribution in [0.5, 0.6) is 0 Å². The lowest BCUT2D eigenvalue weighted by Gasteiger charge is -2.06. The molecule has 0 aliphatic carbocycles. The molecule has 2 N–H and O–H groups in total. The van der Waals surface area contributed by atoms with Gasteiger partial charge >= 0.3 is 5.97 Å². The molecule has 0 saturated heterocycles. The van der Waals surface area contributed by atoms with Crippen molar-refractivity contribution in [1.29, 1.82) is 0 Å². The minimum atomic E-state index is -0.835. The topological polar surface area (TPSA) is 49.3 Å². The predicted molar refractivity (Wildman–Crippen MR) is 71.5 cm³/mol. The summed E-state index contributed by atoms with van der Waals surface area (Å²) in [6.45, 7) is 1.61.